The second-order valence-corrected chi connectivity index (χ2v) is 7.26. The predicted molar refractivity (Wildman–Crippen MR) is 89.4 cm³/mol. The van der Waals surface area contributed by atoms with Gasteiger partial charge in [0.2, 0.25) is 5.91 Å². The quantitative estimate of drug-likeness (QED) is 0.780. The number of imidazole rings is 1. The predicted octanol–water partition coefficient (Wildman–Crippen LogP) is 3.14. The second-order valence-electron chi connectivity index (χ2n) is 5.53. The van der Waals surface area contributed by atoms with Crippen molar-refractivity contribution in [2.45, 2.75) is 39.2 Å². The van der Waals surface area contributed by atoms with E-state index in [0.29, 0.717) is 0 Å². The van der Waals surface area contributed by atoms with E-state index >= 15 is 0 Å². The minimum atomic E-state index is -0.423. The van der Waals surface area contributed by atoms with Gasteiger partial charge >= 0.3 is 0 Å². The molecule has 3 heterocycles. The zero-order chi connectivity index (χ0) is 15.7. The van der Waals surface area contributed by atoms with Crippen molar-refractivity contribution in [2.75, 3.05) is 0 Å². The smallest absolute Gasteiger partial charge is 0.226 e. The van der Waals surface area contributed by atoms with Crippen molar-refractivity contribution in [1.29, 1.82) is 0 Å². The number of hydrogen-bond donors (Lipinski definition) is 1. The summed E-state index contributed by atoms with van der Waals surface area (Å²) in [5.41, 5.74) is 1.36. The molecule has 0 aliphatic carbocycles. The van der Waals surface area contributed by atoms with E-state index in [1.165, 1.54) is 0 Å². The monoisotopic (exact) mass is 334 g/mol. The molecule has 0 bridgehead atoms. The van der Waals surface area contributed by atoms with E-state index < -0.39 is 5.54 Å². The topological polar surface area (TPSA) is 59.3 Å². The number of nitrogens with one attached hydrogen (secondary N) is 1. The van der Waals surface area contributed by atoms with Crippen LogP contribution < -0.4 is 5.32 Å². The average molecular weight is 334 g/mol. The van der Waals surface area contributed by atoms with E-state index in [2.05, 4.69) is 22.2 Å². The number of thiazole rings is 2. The summed E-state index contributed by atoms with van der Waals surface area (Å²) >= 11 is 3.15. The lowest BCUT2D eigenvalue weighted by Gasteiger charge is -2.27. The van der Waals surface area contributed by atoms with E-state index in [-0.39, 0.29) is 12.3 Å². The Kier molecular flexibility index (Phi) is 4.01. The van der Waals surface area contributed by atoms with Crippen LogP contribution in [0.4, 0.5) is 0 Å². The molecule has 3 rings (SSSR count). The zero-order valence-electron chi connectivity index (χ0n) is 12.8. The molecule has 0 aliphatic rings. The maximum absolute atomic E-state index is 12.4. The Hall–Kier alpha value is -1.73. The van der Waals surface area contributed by atoms with E-state index in [1.54, 1.807) is 22.7 Å². The van der Waals surface area contributed by atoms with Gasteiger partial charge < -0.3 is 5.32 Å². The van der Waals surface area contributed by atoms with Crippen LogP contribution in [0.25, 0.3) is 4.96 Å². The molecule has 1 atom stereocenters. The van der Waals surface area contributed by atoms with E-state index in [4.69, 9.17) is 0 Å². The molecule has 1 N–H and O–H groups in total. The molecular weight excluding hydrogens is 316 g/mol. The third kappa shape index (κ3) is 2.91. The lowest BCUT2D eigenvalue weighted by atomic mass is 9.99. The summed E-state index contributed by atoms with van der Waals surface area (Å²) in [4.78, 5) is 22.3. The molecule has 0 fully saturated rings. The number of hydrogen-bond acceptors (Lipinski definition) is 5. The number of aromatic nitrogens is 3. The van der Waals surface area contributed by atoms with Gasteiger partial charge in [-0.2, -0.15) is 0 Å². The van der Waals surface area contributed by atoms with Crippen molar-refractivity contribution in [3.63, 3.8) is 0 Å². The highest BCUT2D eigenvalue weighted by Gasteiger charge is 2.29. The van der Waals surface area contributed by atoms with Crippen molar-refractivity contribution in [3.05, 3.63) is 39.5 Å². The maximum atomic E-state index is 12.4. The van der Waals surface area contributed by atoms with E-state index in [1.807, 2.05) is 41.4 Å². The summed E-state index contributed by atoms with van der Waals surface area (Å²) in [5.74, 6) is -0.0250. The SMILES string of the molecule is CC[C@](C)(NC(=O)Cc1cn2ccsc2n1)c1nc(C)cs1. The molecule has 3 aromatic rings. The van der Waals surface area contributed by atoms with Crippen LogP contribution in [0, 0.1) is 6.92 Å². The summed E-state index contributed by atoms with van der Waals surface area (Å²) in [6, 6.07) is 0. The first-order valence-corrected chi connectivity index (χ1v) is 8.91. The van der Waals surface area contributed by atoms with Gasteiger partial charge in [-0.1, -0.05) is 6.92 Å². The largest absolute Gasteiger partial charge is 0.344 e. The van der Waals surface area contributed by atoms with Gasteiger partial charge in [0.25, 0.3) is 0 Å². The van der Waals surface area contributed by atoms with Gasteiger partial charge in [-0.15, -0.1) is 22.7 Å². The van der Waals surface area contributed by atoms with Crippen LogP contribution in [0.5, 0.6) is 0 Å². The Morgan fingerprint density at radius 3 is 2.86 bits per heavy atom. The number of aryl methyl sites for hydroxylation is 1. The van der Waals surface area contributed by atoms with Crippen molar-refractivity contribution in [1.82, 2.24) is 19.7 Å². The highest BCUT2D eigenvalue weighted by Crippen LogP contribution is 2.27. The molecule has 3 aromatic heterocycles. The minimum absolute atomic E-state index is 0.0250. The molecule has 0 saturated heterocycles. The number of fused-ring (bicyclic) bond motifs is 1. The van der Waals surface area contributed by atoms with Crippen LogP contribution in [0.3, 0.4) is 0 Å². The average Bonchev–Trinajstić information content (AvgIpc) is 3.14. The van der Waals surface area contributed by atoms with Crippen LogP contribution >= 0.6 is 22.7 Å². The van der Waals surface area contributed by atoms with Crippen LogP contribution in [-0.2, 0) is 16.8 Å². The maximum Gasteiger partial charge on any atom is 0.226 e. The summed E-state index contributed by atoms with van der Waals surface area (Å²) in [7, 11) is 0. The lowest BCUT2D eigenvalue weighted by molar-refractivity contribution is -0.122. The lowest BCUT2D eigenvalue weighted by Crippen LogP contribution is -2.43. The van der Waals surface area contributed by atoms with Crippen molar-refractivity contribution >= 4 is 33.5 Å². The van der Waals surface area contributed by atoms with Crippen LogP contribution in [-0.4, -0.2) is 20.3 Å². The van der Waals surface area contributed by atoms with Gasteiger partial charge in [0.15, 0.2) is 4.96 Å². The van der Waals surface area contributed by atoms with Crippen LogP contribution in [0.1, 0.15) is 36.7 Å². The Bertz CT molecular complexity index is 775. The summed E-state index contributed by atoms with van der Waals surface area (Å²) in [5, 5.41) is 8.06. The van der Waals surface area contributed by atoms with Gasteiger partial charge in [0.1, 0.15) is 5.01 Å². The van der Waals surface area contributed by atoms with Crippen LogP contribution in [0.15, 0.2) is 23.2 Å². The molecule has 0 spiro atoms. The normalized spacial score (nSPS) is 14.1. The molecule has 0 aromatic carbocycles. The van der Waals surface area contributed by atoms with Crippen molar-refractivity contribution < 1.29 is 4.79 Å². The third-order valence-electron chi connectivity index (χ3n) is 3.70. The number of rotatable bonds is 5. The van der Waals surface area contributed by atoms with Gasteiger partial charge in [-0.05, 0) is 20.3 Å². The summed E-state index contributed by atoms with van der Waals surface area (Å²) < 4.78 is 1.94. The van der Waals surface area contributed by atoms with E-state index in [9.17, 15) is 4.79 Å². The van der Waals surface area contributed by atoms with E-state index in [0.717, 1.165) is 27.8 Å². The molecular formula is C15H18N4OS2. The summed E-state index contributed by atoms with van der Waals surface area (Å²) in [6.45, 7) is 6.05. The molecule has 7 heteroatoms. The molecule has 0 unspecified atom stereocenters. The van der Waals surface area contributed by atoms with Crippen molar-refractivity contribution in [2.24, 2.45) is 0 Å². The number of carbonyl (C=O) groups excluding carboxylic acids is 1. The Labute approximate surface area is 137 Å². The third-order valence-corrected chi connectivity index (χ3v) is 5.69. The van der Waals surface area contributed by atoms with Crippen molar-refractivity contribution in [3.8, 4) is 0 Å². The van der Waals surface area contributed by atoms with Gasteiger partial charge in [0.05, 0.1) is 17.7 Å². The number of amides is 1. The molecule has 1 amide bonds. The highest BCUT2D eigenvalue weighted by atomic mass is 32.1. The molecule has 116 valence electrons. The fourth-order valence-corrected chi connectivity index (χ4v) is 3.98. The first-order valence-electron chi connectivity index (χ1n) is 7.15. The fraction of sp³-hybridized carbons (Fsp3) is 0.400. The number of nitrogens with zero attached hydrogens (tertiary/aromatic N) is 3. The van der Waals surface area contributed by atoms with Gasteiger partial charge in [0, 0.05) is 28.8 Å². The molecule has 5 nitrogen and oxygen atoms in total. The standard InChI is InChI=1S/C15H18N4OS2/c1-4-15(3,13-16-10(2)9-22-13)18-12(20)7-11-8-19-5-6-21-14(19)17-11/h5-6,8-9H,4,7H2,1-3H3,(H,18,20)/t15-/m0/s1. The molecule has 22 heavy (non-hydrogen) atoms. The Balaban J connectivity index is 1.73. The Morgan fingerprint density at radius 2 is 2.23 bits per heavy atom. The zero-order valence-corrected chi connectivity index (χ0v) is 14.4. The molecule has 0 aliphatic heterocycles. The van der Waals surface area contributed by atoms with Gasteiger partial charge in [-0.3, -0.25) is 9.20 Å². The second kappa shape index (κ2) is 5.81. The Morgan fingerprint density at radius 1 is 1.41 bits per heavy atom. The first kappa shape index (κ1) is 15.2. The fourth-order valence-electron chi connectivity index (χ4n) is 2.28. The van der Waals surface area contributed by atoms with Gasteiger partial charge in [-0.25, -0.2) is 9.97 Å². The molecule has 0 radical (unpaired) electrons. The van der Waals surface area contributed by atoms with Crippen LogP contribution in [0.2, 0.25) is 0 Å². The highest BCUT2D eigenvalue weighted by molar-refractivity contribution is 7.15. The number of carbonyl (C=O) groups is 1. The summed E-state index contributed by atoms with van der Waals surface area (Å²) in [6.07, 6.45) is 4.93. The molecule has 0 saturated carbocycles. The first-order chi connectivity index (χ1) is 10.5. The minimum Gasteiger partial charge on any atom is -0.344 e.